The summed E-state index contributed by atoms with van der Waals surface area (Å²) in [6.07, 6.45) is 27.2. The lowest BCUT2D eigenvalue weighted by molar-refractivity contribution is -0.0384. The largest absolute Gasteiger partial charge is 0.378 e. The standard InChI is InChI=1S/C37H66N8O/c1-2-3-10-20-46-28-19-11-18-27-29(28)37-44-35-26-17-9-8-16-25(26)33(42-35)40-31-22-13-5-4-12-21(22)30(38-31)39-32-23-14-6-7-15-24(23)34(41-32)43-36(27)45-37/h21-45H,2-20H2,1H3. The zero-order chi connectivity index (χ0) is 30.6. The predicted molar refractivity (Wildman–Crippen MR) is 182 cm³/mol. The van der Waals surface area contributed by atoms with Crippen LogP contribution in [0.5, 0.6) is 0 Å². The Bertz CT molecular complexity index is 1030. The number of ether oxygens (including phenoxy) is 1. The molecular formula is C37H66N8O. The highest BCUT2D eigenvalue weighted by Gasteiger charge is 2.55. The Morgan fingerprint density at radius 1 is 0.391 bits per heavy atom. The van der Waals surface area contributed by atoms with Gasteiger partial charge in [-0.15, -0.1) is 0 Å². The van der Waals surface area contributed by atoms with Crippen molar-refractivity contribution in [3.8, 4) is 0 Å². The summed E-state index contributed by atoms with van der Waals surface area (Å²) in [4.78, 5) is 0. The van der Waals surface area contributed by atoms with E-state index in [-0.39, 0.29) is 6.17 Å². The van der Waals surface area contributed by atoms with Gasteiger partial charge in [0.1, 0.15) is 0 Å². The molecule has 260 valence electrons. The molecule has 9 fully saturated rings. The van der Waals surface area contributed by atoms with Gasteiger partial charge in [-0.05, 0) is 99.2 Å². The van der Waals surface area contributed by atoms with Crippen LogP contribution in [0, 0.1) is 47.3 Å². The van der Waals surface area contributed by atoms with Crippen LogP contribution in [0.2, 0.25) is 0 Å². The molecule has 0 aromatic heterocycles. The third kappa shape index (κ3) is 5.83. The molecule has 5 aliphatic heterocycles. The molecule has 8 N–H and O–H groups in total. The van der Waals surface area contributed by atoms with Crippen LogP contribution < -0.4 is 42.5 Å². The second kappa shape index (κ2) is 13.7. The summed E-state index contributed by atoms with van der Waals surface area (Å²) in [5.74, 6) is 5.39. The Hall–Kier alpha value is -0.360. The first-order valence-electron chi connectivity index (χ1n) is 20.4. The van der Waals surface area contributed by atoms with Crippen LogP contribution in [0.25, 0.3) is 0 Å². The quantitative estimate of drug-likeness (QED) is 0.214. The highest BCUT2D eigenvalue weighted by Crippen LogP contribution is 2.46. The van der Waals surface area contributed by atoms with Crippen LogP contribution in [0.15, 0.2) is 0 Å². The van der Waals surface area contributed by atoms with Gasteiger partial charge in [-0.2, -0.15) is 0 Å². The second-order valence-corrected chi connectivity index (χ2v) is 17.3. The van der Waals surface area contributed by atoms with Crippen molar-refractivity contribution in [1.29, 1.82) is 0 Å². The van der Waals surface area contributed by atoms with Crippen molar-refractivity contribution in [3.63, 3.8) is 0 Å². The van der Waals surface area contributed by atoms with Crippen molar-refractivity contribution in [2.24, 2.45) is 47.3 Å². The maximum atomic E-state index is 6.82. The fourth-order valence-electron chi connectivity index (χ4n) is 12.8. The van der Waals surface area contributed by atoms with Crippen molar-refractivity contribution in [2.45, 2.75) is 178 Å². The molecule has 0 aromatic carbocycles. The molecule has 17 atom stereocenters. The van der Waals surface area contributed by atoms with E-state index in [0.717, 1.165) is 18.4 Å². The highest BCUT2D eigenvalue weighted by atomic mass is 16.5. The van der Waals surface area contributed by atoms with Gasteiger partial charge in [-0.3, -0.25) is 42.5 Å². The average molecular weight is 639 g/mol. The topological polar surface area (TPSA) is 105 Å². The van der Waals surface area contributed by atoms with E-state index in [2.05, 4.69) is 49.5 Å². The minimum absolute atomic E-state index is 0.278. The number of nitrogens with one attached hydrogen (secondary N) is 8. The first-order chi connectivity index (χ1) is 22.7. The number of hydrogen-bond donors (Lipinski definition) is 8. The Morgan fingerprint density at radius 3 is 1.13 bits per heavy atom. The Morgan fingerprint density at radius 2 is 0.739 bits per heavy atom. The SMILES string of the molecule is CCCCCOC1CCCC2C3NC4NC(NC5NC(NC6NC(NC(N3)C12)C1CCCCC61)C1CCCCC51)C1CCCCC41. The van der Waals surface area contributed by atoms with E-state index in [0.29, 0.717) is 84.8 Å². The maximum absolute atomic E-state index is 6.82. The molecule has 0 amide bonds. The minimum Gasteiger partial charge on any atom is -0.378 e. The first-order valence-corrected chi connectivity index (χ1v) is 20.4. The van der Waals surface area contributed by atoms with E-state index in [1.807, 2.05) is 0 Å². The molecule has 9 nitrogen and oxygen atoms in total. The van der Waals surface area contributed by atoms with Crippen molar-refractivity contribution >= 4 is 0 Å². The van der Waals surface area contributed by atoms with Crippen LogP contribution >= 0.6 is 0 Å². The average Bonchev–Trinajstić information content (AvgIpc) is 3.83. The van der Waals surface area contributed by atoms with E-state index in [9.17, 15) is 0 Å². The maximum Gasteiger partial charge on any atom is 0.0653 e. The minimum atomic E-state index is 0.278. The van der Waals surface area contributed by atoms with Crippen molar-refractivity contribution in [2.75, 3.05) is 6.61 Å². The first kappa shape index (κ1) is 31.6. The predicted octanol–water partition coefficient (Wildman–Crippen LogP) is 3.79. The molecule has 46 heavy (non-hydrogen) atoms. The lowest BCUT2D eigenvalue weighted by Gasteiger charge is -2.39. The van der Waals surface area contributed by atoms with Gasteiger partial charge < -0.3 is 4.74 Å². The van der Waals surface area contributed by atoms with E-state index >= 15 is 0 Å². The smallest absolute Gasteiger partial charge is 0.0653 e. The molecule has 9 heteroatoms. The monoisotopic (exact) mass is 639 g/mol. The van der Waals surface area contributed by atoms with Gasteiger partial charge in [-0.1, -0.05) is 64.7 Å². The van der Waals surface area contributed by atoms with Crippen LogP contribution in [0.3, 0.4) is 0 Å². The van der Waals surface area contributed by atoms with E-state index in [1.165, 1.54) is 116 Å². The molecule has 0 aromatic rings. The summed E-state index contributed by atoms with van der Waals surface area (Å²) in [7, 11) is 0. The van der Waals surface area contributed by atoms with Gasteiger partial charge in [0, 0.05) is 12.5 Å². The van der Waals surface area contributed by atoms with Crippen molar-refractivity contribution in [3.05, 3.63) is 0 Å². The summed E-state index contributed by atoms with van der Waals surface area (Å²) < 4.78 is 6.82. The molecule has 8 bridgehead atoms. The zero-order valence-electron chi connectivity index (χ0n) is 28.7. The van der Waals surface area contributed by atoms with Crippen molar-refractivity contribution < 1.29 is 4.74 Å². The summed E-state index contributed by atoms with van der Waals surface area (Å²) in [5.41, 5.74) is 0. The third-order valence-corrected chi connectivity index (χ3v) is 14.9. The molecule has 4 saturated carbocycles. The summed E-state index contributed by atoms with van der Waals surface area (Å²) in [6.45, 7) is 3.22. The molecule has 9 rings (SSSR count). The van der Waals surface area contributed by atoms with E-state index in [4.69, 9.17) is 4.74 Å². The molecule has 9 aliphatic rings. The van der Waals surface area contributed by atoms with Crippen LogP contribution in [-0.2, 0) is 4.74 Å². The summed E-state index contributed by atoms with van der Waals surface area (Å²) in [6, 6.07) is 0. The second-order valence-electron chi connectivity index (χ2n) is 17.3. The number of rotatable bonds is 5. The number of fused-ring (bicyclic) bond motifs is 20. The Labute approximate surface area is 278 Å². The third-order valence-electron chi connectivity index (χ3n) is 14.9. The molecular weight excluding hydrogens is 572 g/mol. The normalized spacial score (nSPS) is 53.3. The Kier molecular flexibility index (Phi) is 9.45. The van der Waals surface area contributed by atoms with Crippen LogP contribution in [0.4, 0.5) is 0 Å². The molecule has 0 radical (unpaired) electrons. The zero-order valence-corrected chi connectivity index (χ0v) is 28.7. The summed E-state index contributed by atoms with van der Waals surface area (Å²) >= 11 is 0. The van der Waals surface area contributed by atoms with E-state index in [1.54, 1.807) is 0 Å². The van der Waals surface area contributed by atoms with Crippen LogP contribution in [0.1, 0.15) is 122 Å². The highest BCUT2D eigenvalue weighted by molar-refractivity contribution is 5.09. The summed E-state index contributed by atoms with van der Waals surface area (Å²) in [5, 5.41) is 34.1. The van der Waals surface area contributed by atoms with Gasteiger partial charge in [0.15, 0.2) is 0 Å². The van der Waals surface area contributed by atoms with Gasteiger partial charge in [0.05, 0.1) is 55.4 Å². The fraction of sp³-hybridized carbons (Fsp3) is 1.00. The van der Waals surface area contributed by atoms with Crippen LogP contribution in [-0.4, -0.2) is 62.0 Å². The molecule has 5 saturated heterocycles. The number of unbranched alkanes of at least 4 members (excludes halogenated alkanes) is 2. The van der Waals surface area contributed by atoms with Gasteiger partial charge in [0.25, 0.3) is 0 Å². The van der Waals surface area contributed by atoms with E-state index < -0.39 is 0 Å². The molecule has 5 heterocycles. The van der Waals surface area contributed by atoms with Gasteiger partial charge >= 0.3 is 0 Å². The molecule has 17 unspecified atom stereocenters. The van der Waals surface area contributed by atoms with Gasteiger partial charge in [-0.25, -0.2) is 0 Å². The lowest BCUT2D eigenvalue weighted by atomic mass is 9.75. The fourth-order valence-corrected chi connectivity index (χ4v) is 12.8. The van der Waals surface area contributed by atoms with Crippen molar-refractivity contribution in [1.82, 2.24) is 42.5 Å². The van der Waals surface area contributed by atoms with Gasteiger partial charge in [0.2, 0.25) is 0 Å². The molecule has 0 spiro atoms. The number of hydrogen-bond acceptors (Lipinski definition) is 9. The molecule has 4 aliphatic carbocycles. The Balaban J connectivity index is 1.03. The lowest BCUT2D eigenvalue weighted by Crippen LogP contribution is -2.62.